The van der Waals surface area contributed by atoms with Crippen molar-refractivity contribution in [1.29, 1.82) is 0 Å². The van der Waals surface area contributed by atoms with Crippen LogP contribution in [0.4, 0.5) is 0 Å². The Morgan fingerprint density at radius 1 is 1.33 bits per heavy atom. The first kappa shape index (κ1) is 12.5. The van der Waals surface area contributed by atoms with Crippen LogP contribution in [-0.2, 0) is 4.79 Å². The van der Waals surface area contributed by atoms with Crippen molar-refractivity contribution in [1.82, 2.24) is 0 Å². The first-order valence-electron chi connectivity index (χ1n) is 5.98. The van der Waals surface area contributed by atoms with Gasteiger partial charge in [-0.15, -0.1) is 0 Å². The number of rotatable bonds is 4. The molecule has 3 N–H and O–H groups in total. The highest BCUT2D eigenvalue weighted by molar-refractivity contribution is 5.75. The summed E-state index contributed by atoms with van der Waals surface area (Å²) < 4.78 is 0. The first-order valence-corrected chi connectivity index (χ1v) is 5.98. The van der Waals surface area contributed by atoms with Crippen molar-refractivity contribution in [2.45, 2.75) is 58.4 Å². The summed E-state index contributed by atoms with van der Waals surface area (Å²) in [6.07, 6.45) is 5.51. The van der Waals surface area contributed by atoms with Crippen LogP contribution in [0.5, 0.6) is 0 Å². The maximum Gasteiger partial charge on any atom is 0.311 e. The molecule has 3 heteroatoms. The minimum absolute atomic E-state index is 0.185. The monoisotopic (exact) mass is 213 g/mol. The molecule has 0 aliphatic heterocycles. The van der Waals surface area contributed by atoms with Gasteiger partial charge in [0.15, 0.2) is 0 Å². The van der Waals surface area contributed by atoms with Crippen LogP contribution in [0, 0.1) is 11.3 Å². The lowest BCUT2D eigenvalue weighted by atomic mass is 9.67. The Morgan fingerprint density at radius 3 is 2.27 bits per heavy atom. The van der Waals surface area contributed by atoms with Gasteiger partial charge in [-0.3, -0.25) is 4.79 Å². The zero-order chi connectivity index (χ0) is 11.5. The molecule has 3 nitrogen and oxygen atoms in total. The topological polar surface area (TPSA) is 63.3 Å². The largest absolute Gasteiger partial charge is 0.481 e. The predicted molar refractivity (Wildman–Crippen MR) is 60.6 cm³/mol. The number of hydrogen-bond donors (Lipinski definition) is 2. The Bertz CT molecular complexity index is 220. The number of aliphatic carboxylic acids is 1. The van der Waals surface area contributed by atoms with Gasteiger partial charge < -0.3 is 10.8 Å². The van der Waals surface area contributed by atoms with Crippen LogP contribution < -0.4 is 5.73 Å². The maximum atomic E-state index is 11.4. The molecule has 0 radical (unpaired) electrons. The highest BCUT2D eigenvalue weighted by atomic mass is 16.4. The molecule has 1 fully saturated rings. The van der Waals surface area contributed by atoms with Crippen LogP contribution in [0.1, 0.15) is 52.4 Å². The standard InChI is InChI=1S/C12H23NO2/c1-9(2)8-10(13)12(11(14)15)6-4-3-5-7-12/h9-10H,3-8,13H2,1-2H3,(H,14,15). The molecule has 0 spiro atoms. The Kier molecular flexibility index (Phi) is 4.14. The molecule has 1 aliphatic carbocycles. The minimum Gasteiger partial charge on any atom is -0.481 e. The smallest absolute Gasteiger partial charge is 0.311 e. The molecule has 0 saturated heterocycles. The van der Waals surface area contributed by atoms with Gasteiger partial charge in [-0.05, 0) is 25.2 Å². The molecule has 0 aromatic rings. The van der Waals surface area contributed by atoms with E-state index in [9.17, 15) is 9.90 Å². The molecule has 0 heterocycles. The normalized spacial score (nSPS) is 22.7. The summed E-state index contributed by atoms with van der Waals surface area (Å²) in [5.74, 6) is -0.214. The van der Waals surface area contributed by atoms with E-state index < -0.39 is 11.4 Å². The van der Waals surface area contributed by atoms with Gasteiger partial charge in [0, 0.05) is 6.04 Å². The van der Waals surface area contributed by atoms with Crippen LogP contribution in [0.3, 0.4) is 0 Å². The molecule has 0 amide bonds. The van der Waals surface area contributed by atoms with E-state index in [1.165, 1.54) is 0 Å². The molecule has 1 atom stereocenters. The number of carboxylic acids is 1. The van der Waals surface area contributed by atoms with Gasteiger partial charge in [0.1, 0.15) is 0 Å². The van der Waals surface area contributed by atoms with E-state index in [0.29, 0.717) is 5.92 Å². The van der Waals surface area contributed by atoms with E-state index >= 15 is 0 Å². The second-order valence-corrected chi connectivity index (χ2v) is 5.26. The van der Waals surface area contributed by atoms with Gasteiger partial charge >= 0.3 is 5.97 Å². The maximum absolute atomic E-state index is 11.4. The van der Waals surface area contributed by atoms with Crippen molar-refractivity contribution in [2.24, 2.45) is 17.1 Å². The summed E-state index contributed by atoms with van der Waals surface area (Å²) in [4.78, 5) is 11.4. The number of carbonyl (C=O) groups is 1. The summed E-state index contributed by atoms with van der Waals surface area (Å²) in [6.45, 7) is 4.19. The number of hydrogen-bond acceptors (Lipinski definition) is 2. The van der Waals surface area contributed by atoms with Crippen molar-refractivity contribution in [2.75, 3.05) is 0 Å². The Hall–Kier alpha value is -0.570. The Morgan fingerprint density at radius 2 is 1.87 bits per heavy atom. The number of carboxylic acid groups (broad SMARTS) is 1. The summed E-state index contributed by atoms with van der Waals surface area (Å²) >= 11 is 0. The highest BCUT2D eigenvalue weighted by Gasteiger charge is 2.44. The molecule has 1 unspecified atom stereocenters. The lowest BCUT2D eigenvalue weighted by Gasteiger charge is -2.38. The van der Waals surface area contributed by atoms with Gasteiger partial charge in [0.05, 0.1) is 5.41 Å². The third-order valence-electron chi connectivity index (χ3n) is 3.61. The third kappa shape index (κ3) is 2.71. The van der Waals surface area contributed by atoms with Gasteiger partial charge in [0.25, 0.3) is 0 Å². The second kappa shape index (κ2) is 4.97. The molecule has 1 aliphatic rings. The minimum atomic E-state index is -0.685. The summed E-state index contributed by atoms with van der Waals surface area (Å²) in [6, 6.07) is -0.185. The van der Waals surface area contributed by atoms with Crippen molar-refractivity contribution in [3.05, 3.63) is 0 Å². The zero-order valence-corrected chi connectivity index (χ0v) is 9.83. The van der Waals surface area contributed by atoms with Crippen molar-refractivity contribution >= 4 is 5.97 Å². The summed E-state index contributed by atoms with van der Waals surface area (Å²) in [5, 5.41) is 9.39. The fourth-order valence-electron chi connectivity index (χ4n) is 2.66. The number of nitrogens with two attached hydrogens (primary N) is 1. The molecular weight excluding hydrogens is 190 g/mol. The van der Waals surface area contributed by atoms with Gasteiger partial charge in [0.2, 0.25) is 0 Å². The van der Waals surface area contributed by atoms with E-state index in [0.717, 1.165) is 38.5 Å². The molecule has 1 rings (SSSR count). The lowest BCUT2D eigenvalue weighted by Crippen LogP contribution is -2.49. The van der Waals surface area contributed by atoms with E-state index in [1.54, 1.807) is 0 Å². The second-order valence-electron chi connectivity index (χ2n) is 5.26. The van der Waals surface area contributed by atoms with Gasteiger partial charge in [-0.25, -0.2) is 0 Å². The SMILES string of the molecule is CC(C)CC(N)C1(C(=O)O)CCCCC1. The lowest BCUT2D eigenvalue weighted by molar-refractivity contribution is -0.153. The van der Waals surface area contributed by atoms with Crippen LogP contribution >= 0.6 is 0 Å². The molecule has 15 heavy (non-hydrogen) atoms. The molecule has 1 saturated carbocycles. The first-order chi connectivity index (χ1) is 6.99. The van der Waals surface area contributed by atoms with Crippen molar-refractivity contribution in [3.8, 4) is 0 Å². The molecule has 88 valence electrons. The zero-order valence-electron chi connectivity index (χ0n) is 9.83. The van der Waals surface area contributed by atoms with Crippen molar-refractivity contribution in [3.63, 3.8) is 0 Å². The molecule has 0 bridgehead atoms. The summed E-state index contributed by atoms with van der Waals surface area (Å²) in [5.41, 5.74) is 5.47. The van der Waals surface area contributed by atoms with Crippen LogP contribution in [0.2, 0.25) is 0 Å². The molecule has 0 aromatic heterocycles. The van der Waals surface area contributed by atoms with Crippen LogP contribution in [0.25, 0.3) is 0 Å². The van der Waals surface area contributed by atoms with E-state index in [1.807, 2.05) is 0 Å². The summed E-state index contributed by atoms with van der Waals surface area (Å²) in [7, 11) is 0. The van der Waals surface area contributed by atoms with E-state index in [4.69, 9.17) is 5.73 Å². The van der Waals surface area contributed by atoms with Crippen LogP contribution in [-0.4, -0.2) is 17.1 Å². The molecular formula is C12H23NO2. The Balaban J connectivity index is 2.75. The Labute approximate surface area is 92.0 Å². The van der Waals surface area contributed by atoms with Crippen LogP contribution in [0.15, 0.2) is 0 Å². The molecule has 0 aromatic carbocycles. The van der Waals surface area contributed by atoms with E-state index in [-0.39, 0.29) is 6.04 Å². The highest BCUT2D eigenvalue weighted by Crippen LogP contribution is 2.40. The van der Waals surface area contributed by atoms with E-state index in [2.05, 4.69) is 13.8 Å². The average molecular weight is 213 g/mol. The van der Waals surface area contributed by atoms with Crippen molar-refractivity contribution < 1.29 is 9.90 Å². The fraction of sp³-hybridized carbons (Fsp3) is 0.917. The average Bonchev–Trinajstić information content (AvgIpc) is 2.17. The fourth-order valence-corrected chi connectivity index (χ4v) is 2.66. The van der Waals surface area contributed by atoms with Gasteiger partial charge in [-0.1, -0.05) is 33.1 Å². The third-order valence-corrected chi connectivity index (χ3v) is 3.61. The quantitative estimate of drug-likeness (QED) is 0.753. The predicted octanol–water partition coefficient (Wildman–Crippen LogP) is 2.39. The van der Waals surface area contributed by atoms with Gasteiger partial charge in [-0.2, -0.15) is 0 Å².